The van der Waals surface area contributed by atoms with Crippen LogP contribution in [0.5, 0.6) is 0 Å². The Balaban J connectivity index is 2.48. The highest BCUT2D eigenvalue weighted by molar-refractivity contribution is 5.91. The van der Waals surface area contributed by atoms with Gasteiger partial charge in [0.2, 0.25) is 5.91 Å². The second kappa shape index (κ2) is 6.39. The van der Waals surface area contributed by atoms with E-state index in [1.807, 2.05) is 13.8 Å². The monoisotopic (exact) mass is 238 g/mol. The van der Waals surface area contributed by atoms with E-state index in [2.05, 4.69) is 29.6 Å². The minimum Gasteiger partial charge on any atom is -0.310 e. The molecule has 1 amide bonds. The first-order chi connectivity index (χ1) is 8.04. The molecule has 1 unspecified atom stereocenters. The smallest absolute Gasteiger partial charge is 0.239 e. The Bertz CT molecular complexity index is 359. The van der Waals surface area contributed by atoms with Crippen LogP contribution in [0.1, 0.15) is 40.2 Å². The molecule has 1 aromatic heterocycles. The summed E-state index contributed by atoms with van der Waals surface area (Å²) in [6.07, 6.45) is 2.70. The summed E-state index contributed by atoms with van der Waals surface area (Å²) in [5, 5.41) is 10.2. The third kappa shape index (κ3) is 4.19. The molecular weight excluding hydrogens is 216 g/mol. The van der Waals surface area contributed by atoms with Gasteiger partial charge in [0.05, 0.1) is 12.7 Å². The number of hydrogen-bond donors (Lipinski definition) is 2. The third-order valence-electron chi connectivity index (χ3n) is 2.65. The average molecular weight is 238 g/mol. The number of carbonyl (C=O) groups excluding carboxylic acids is 1. The zero-order valence-corrected chi connectivity index (χ0v) is 11.0. The van der Waals surface area contributed by atoms with Gasteiger partial charge >= 0.3 is 0 Å². The van der Waals surface area contributed by atoms with Crippen LogP contribution in [0.4, 0.5) is 5.82 Å². The molecule has 17 heavy (non-hydrogen) atoms. The van der Waals surface area contributed by atoms with E-state index in [1.54, 1.807) is 16.9 Å². The topological polar surface area (TPSA) is 59.0 Å². The number of anilines is 1. The average Bonchev–Trinajstić information content (AvgIpc) is 2.74. The number of carbonyl (C=O) groups is 1. The SMILES string of the molecule is CCC(C)NCC(=O)Nc1ccnn1C(C)C. The first-order valence-electron chi connectivity index (χ1n) is 6.11. The summed E-state index contributed by atoms with van der Waals surface area (Å²) in [6.45, 7) is 8.54. The zero-order chi connectivity index (χ0) is 12.8. The van der Waals surface area contributed by atoms with Gasteiger partial charge in [-0.3, -0.25) is 4.79 Å². The number of hydrogen-bond acceptors (Lipinski definition) is 3. The van der Waals surface area contributed by atoms with Gasteiger partial charge in [-0.1, -0.05) is 6.92 Å². The zero-order valence-electron chi connectivity index (χ0n) is 11.0. The maximum atomic E-state index is 11.7. The molecule has 0 aromatic carbocycles. The van der Waals surface area contributed by atoms with Gasteiger partial charge in [-0.2, -0.15) is 5.10 Å². The van der Waals surface area contributed by atoms with E-state index >= 15 is 0 Å². The molecule has 1 atom stereocenters. The van der Waals surface area contributed by atoms with Gasteiger partial charge in [-0.25, -0.2) is 4.68 Å². The first kappa shape index (κ1) is 13.7. The highest BCUT2D eigenvalue weighted by Gasteiger charge is 2.09. The van der Waals surface area contributed by atoms with Gasteiger partial charge in [-0.05, 0) is 27.2 Å². The van der Waals surface area contributed by atoms with Gasteiger partial charge in [0, 0.05) is 18.2 Å². The second-order valence-corrected chi connectivity index (χ2v) is 4.49. The Morgan fingerprint density at radius 3 is 2.76 bits per heavy atom. The summed E-state index contributed by atoms with van der Waals surface area (Å²) in [7, 11) is 0. The Morgan fingerprint density at radius 2 is 2.18 bits per heavy atom. The summed E-state index contributed by atoms with van der Waals surface area (Å²) < 4.78 is 1.79. The maximum absolute atomic E-state index is 11.7. The molecule has 0 saturated heterocycles. The van der Waals surface area contributed by atoms with E-state index in [-0.39, 0.29) is 11.9 Å². The molecule has 0 spiro atoms. The van der Waals surface area contributed by atoms with Crippen LogP contribution < -0.4 is 10.6 Å². The second-order valence-electron chi connectivity index (χ2n) is 4.49. The van der Waals surface area contributed by atoms with Crippen molar-refractivity contribution in [3.05, 3.63) is 12.3 Å². The summed E-state index contributed by atoms with van der Waals surface area (Å²) >= 11 is 0. The fourth-order valence-electron chi connectivity index (χ4n) is 1.42. The van der Waals surface area contributed by atoms with Gasteiger partial charge < -0.3 is 10.6 Å². The van der Waals surface area contributed by atoms with Crippen LogP contribution in [0.3, 0.4) is 0 Å². The molecule has 96 valence electrons. The lowest BCUT2D eigenvalue weighted by Crippen LogP contribution is -2.34. The Labute approximate surface area is 103 Å². The number of aromatic nitrogens is 2. The van der Waals surface area contributed by atoms with Crippen LogP contribution >= 0.6 is 0 Å². The van der Waals surface area contributed by atoms with Crippen molar-refractivity contribution in [3.8, 4) is 0 Å². The quantitative estimate of drug-likeness (QED) is 0.794. The maximum Gasteiger partial charge on any atom is 0.239 e. The summed E-state index contributed by atoms with van der Waals surface area (Å²) in [5.41, 5.74) is 0. The number of nitrogens with zero attached hydrogens (tertiary/aromatic N) is 2. The first-order valence-corrected chi connectivity index (χ1v) is 6.11. The van der Waals surface area contributed by atoms with E-state index < -0.39 is 0 Å². The summed E-state index contributed by atoms with van der Waals surface area (Å²) in [6, 6.07) is 2.40. The Hall–Kier alpha value is -1.36. The van der Waals surface area contributed by atoms with Crippen molar-refractivity contribution in [3.63, 3.8) is 0 Å². The molecule has 0 saturated carbocycles. The highest BCUT2D eigenvalue weighted by Crippen LogP contribution is 2.12. The van der Waals surface area contributed by atoms with Crippen LogP contribution in [0.15, 0.2) is 12.3 Å². The number of amides is 1. The van der Waals surface area contributed by atoms with Crippen LogP contribution in [-0.2, 0) is 4.79 Å². The lowest BCUT2D eigenvalue weighted by atomic mass is 10.2. The lowest BCUT2D eigenvalue weighted by Gasteiger charge is -2.13. The summed E-state index contributed by atoms with van der Waals surface area (Å²) in [4.78, 5) is 11.7. The molecular formula is C12H22N4O. The molecule has 5 heteroatoms. The Morgan fingerprint density at radius 1 is 1.47 bits per heavy atom. The largest absolute Gasteiger partial charge is 0.310 e. The number of nitrogens with one attached hydrogen (secondary N) is 2. The molecule has 2 N–H and O–H groups in total. The predicted molar refractivity (Wildman–Crippen MR) is 69.0 cm³/mol. The molecule has 1 aromatic rings. The van der Waals surface area contributed by atoms with E-state index in [9.17, 15) is 4.79 Å². The van der Waals surface area contributed by atoms with Crippen LogP contribution in [0.2, 0.25) is 0 Å². The van der Waals surface area contributed by atoms with Crippen molar-refractivity contribution in [2.45, 2.75) is 46.2 Å². The minimum absolute atomic E-state index is 0.0345. The fraction of sp³-hybridized carbons (Fsp3) is 0.667. The van der Waals surface area contributed by atoms with Crippen molar-refractivity contribution in [2.24, 2.45) is 0 Å². The van der Waals surface area contributed by atoms with Crippen LogP contribution in [-0.4, -0.2) is 28.3 Å². The molecule has 1 heterocycles. The van der Waals surface area contributed by atoms with Crippen LogP contribution in [0, 0.1) is 0 Å². The molecule has 0 aliphatic heterocycles. The molecule has 0 bridgehead atoms. The normalized spacial score (nSPS) is 12.8. The van der Waals surface area contributed by atoms with Gasteiger partial charge in [0.25, 0.3) is 0 Å². The molecule has 0 aliphatic carbocycles. The highest BCUT2D eigenvalue weighted by atomic mass is 16.2. The predicted octanol–water partition coefficient (Wildman–Crippen LogP) is 1.79. The van der Waals surface area contributed by atoms with Crippen molar-refractivity contribution in [1.29, 1.82) is 0 Å². The fourth-order valence-corrected chi connectivity index (χ4v) is 1.42. The van der Waals surface area contributed by atoms with E-state index in [0.29, 0.717) is 12.6 Å². The van der Waals surface area contributed by atoms with Crippen molar-refractivity contribution in [1.82, 2.24) is 15.1 Å². The van der Waals surface area contributed by atoms with E-state index in [1.165, 1.54) is 0 Å². The lowest BCUT2D eigenvalue weighted by molar-refractivity contribution is -0.115. The van der Waals surface area contributed by atoms with E-state index in [0.717, 1.165) is 12.2 Å². The van der Waals surface area contributed by atoms with Crippen LogP contribution in [0.25, 0.3) is 0 Å². The van der Waals surface area contributed by atoms with Gasteiger partial charge in [0.15, 0.2) is 0 Å². The molecule has 1 rings (SSSR count). The van der Waals surface area contributed by atoms with Gasteiger partial charge in [-0.15, -0.1) is 0 Å². The van der Waals surface area contributed by atoms with E-state index in [4.69, 9.17) is 0 Å². The minimum atomic E-state index is -0.0345. The molecule has 0 aliphatic rings. The van der Waals surface area contributed by atoms with Crippen molar-refractivity contribution < 1.29 is 4.79 Å². The molecule has 5 nitrogen and oxygen atoms in total. The van der Waals surface area contributed by atoms with Gasteiger partial charge in [0.1, 0.15) is 5.82 Å². The van der Waals surface area contributed by atoms with Crippen molar-refractivity contribution in [2.75, 3.05) is 11.9 Å². The number of rotatable bonds is 6. The van der Waals surface area contributed by atoms with Crippen molar-refractivity contribution >= 4 is 11.7 Å². The molecule has 0 fully saturated rings. The third-order valence-corrected chi connectivity index (χ3v) is 2.65. The summed E-state index contributed by atoms with van der Waals surface area (Å²) in [5.74, 6) is 0.712. The standard InChI is InChI=1S/C12H22N4O/c1-5-10(4)13-8-12(17)15-11-6-7-14-16(11)9(2)3/h6-7,9-10,13H,5,8H2,1-4H3,(H,15,17). The molecule has 0 radical (unpaired) electrons. The Kier molecular flexibility index (Phi) is 5.15.